The van der Waals surface area contributed by atoms with Gasteiger partial charge in [-0.05, 0) is 19.8 Å². The van der Waals surface area contributed by atoms with Crippen molar-refractivity contribution in [3.63, 3.8) is 0 Å². The lowest BCUT2D eigenvalue weighted by molar-refractivity contribution is -0.148. The molecule has 7 heteroatoms. The highest BCUT2D eigenvalue weighted by molar-refractivity contribution is 5.89. The van der Waals surface area contributed by atoms with Crippen molar-refractivity contribution in [3.05, 3.63) is 12.4 Å². The molecule has 2 atom stereocenters. The number of carbonyl (C=O) groups is 2. The van der Waals surface area contributed by atoms with E-state index in [1.54, 1.807) is 13.1 Å². The fourth-order valence-electron chi connectivity index (χ4n) is 2.30. The Labute approximate surface area is 104 Å². The van der Waals surface area contributed by atoms with Crippen LogP contribution >= 0.6 is 0 Å². The molecule has 0 bridgehead atoms. The topological polar surface area (TPSA) is 107 Å². The molecule has 1 aliphatic carbocycles. The Morgan fingerprint density at radius 2 is 2.39 bits per heavy atom. The molecule has 2 amide bonds. The first kappa shape index (κ1) is 12.4. The second kappa shape index (κ2) is 4.67. The number of H-pyrrole nitrogens is 1. The van der Waals surface area contributed by atoms with Crippen LogP contribution in [0.5, 0.6) is 0 Å². The fourth-order valence-corrected chi connectivity index (χ4v) is 2.30. The standard InChI is InChI=1S/C11H16N4O3/c1-11(9(16)17)4-2-3-8(11)15-10(18)14-7-5-12-13-6-7/h5-6,8H,2-4H2,1H3,(H,12,13)(H,16,17)(H2,14,15,18). The maximum atomic E-state index is 11.7. The number of carboxylic acid groups (broad SMARTS) is 1. The third kappa shape index (κ3) is 2.29. The first-order chi connectivity index (χ1) is 8.52. The van der Waals surface area contributed by atoms with Gasteiger partial charge < -0.3 is 15.7 Å². The monoisotopic (exact) mass is 252 g/mol. The van der Waals surface area contributed by atoms with E-state index in [4.69, 9.17) is 0 Å². The van der Waals surface area contributed by atoms with Gasteiger partial charge in [-0.1, -0.05) is 6.42 Å². The molecule has 0 radical (unpaired) electrons. The van der Waals surface area contributed by atoms with Gasteiger partial charge >= 0.3 is 12.0 Å². The Kier molecular flexibility index (Phi) is 3.22. The van der Waals surface area contributed by atoms with Gasteiger partial charge in [0.15, 0.2) is 0 Å². The van der Waals surface area contributed by atoms with Gasteiger partial charge in [0.2, 0.25) is 0 Å². The quantitative estimate of drug-likeness (QED) is 0.647. The highest BCUT2D eigenvalue weighted by atomic mass is 16.4. The number of hydrogen-bond acceptors (Lipinski definition) is 3. The van der Waals surface area contributed by atoms with Gasteiger partial charge in [0, 0.05) is 12.2 Å². The Hall–Kier alpha value is -2.05. The second-order valence-corrected chi connectivity index (χ2v) is 4.75. The minimum Gasteiger partial charge on any atom is -0.481 e. The van der Waals surface area contributed by atoms with E-state index in [-0.39, 0.29) is 6.04 Å². The molecule has 2 rings (SSSR count). The van der Waals surface area contributed by atoms with Crippen molar-refractivity contribution in [2.45, 2.75) is 32.2 Å². The van der Waals surface area contributed by atoms with Crippen molar-refractivity contribution in [1.29, 1.82) is 0 Å². The van der Waals surface area contributed by atoms with E-state index in [0.29, 0.717) is 18.5 Å². The van der Waals surface area contributed by atoms with Crippen molar-refractivity contribution in [3.8, 4) is 0 Å². The van der Waals surface area contributed by atoms with Gasteiger partial charge in [0.05, 0.1) is 17.3 Å². The van der Waals surface area contributed by atoms with E-state index < -0.39 is 17.4 Å². The smallest absolute Gasteiger partial charge is 0.319 e. The second-order valence-electron chi connectivity index (χ2n) is 4.75. The molecule has 4 N–H and O–H groups in total. The molecule has 0 aromatic carbocycles. The minimum absolute atomic E-state index is 0.345. The summed E-state index contributed by atoms with van der Waals surface area (Å²) < 4.78 is 0. The van der Waals surface area contributed by atoms with Crippen molar-refractivity contribution < 1.29 is 14.7 Å². The molecule has 1 saturated carbocycles. The van der Waals surface area contributed by atoms with Crippen LogP contribution in [0.25, 0.3) is 0 Å². The molecule has 7 nitrogen and oxygen atoms in total. The third-order valence-electron chi connectivity index (χ3n) is 3.51. The summed E-state index contributed by atoms with van der Waals surface area (Å²) in [6.07, 6.45) is 5.09. The number of rotatable bonds is 3. The molecule has 1 fully saturated rings. The number of nitrogens with one attached hydrogen (secondary N) is 3. The van der Waals surface area contributed by atoms with E-state index >= 15 is 0 Å². The van der Waals surface area contributed by atoms with Crippen molar-refractivity contribution in [1.82, 2.24) is 15.5 Å². The number of carboxylic acids is 1. The molecule has 1 aliphatic rings. The largest absolute Gasteiger partial charge is 0.481 e. The van der Waals surface area contributed by atoms with Gasteiger partial charge in [0.25, 0.3) is 0 Å². The Morgan fingerprint density at radius 3 is 3.00 bits per heavy atom. The van der Waals surface area contributed by atoms with Crippen LogP contribution in [-0.4, -0.2) is 33.3 Å². The lowest BCUT2D eigenvalue weighted by Gasteiger charge is -2.27. The lowest BCUT2D eigenvalue weighted by Crippen LogP contribution is -2.48. The summed E-state index contributed by atoms with van der Waals surface area (Å²) in [7, 11) is 0. The summed E-state index contributed by atoms with van der Waals surface area (Å²) in [5.74, 6) is -0.867. The average Bonchev–Trinajstić information content (AvgIpc) is 2.90. The summed E-state index contributed by atoms with van der Waals surface area (Å²) in [6, 6.07) is -0.752. The van der Waals surface area contributed by atoms with Crippen LogP contribution in [0.3, 0.4) is 0 Å². The zero-order valence-corrected chi connectivity index (χ0v) is 10.1. The molecule has 98 valence electrons. The molecule has 2 unspecified atom stereocenters. The molecule has 0 spiro atoms. The molecule has 1 heterocycles. The molecule has 1 aromatic rings. The average molecular weight is 252 g/mol. The maximum absolute atomic E-state index is 11.7. The van der Waals surface area contributed by atoms with Crippen LogP contribution in [0.15, 0.2) is 12.4 Å². The van der Waals surface area contributed by atoms with Crippen molar-refractivity contribution >= 4 is 17.7 Å². The molecule has 0 aliphatic heterocycles. The third-order valence-corrected chi connectivity index (χ3v) is 3.51. The lowest BCUT2D eigenvalue weighted by atomic mass is 9.85. The predicted octanol–water partition coefficient (Wildman–Crippen LogP) is 1.17. The number of hydrogen-bond donors (Lipinski definition) is 4. The van der Waals surface area contributed by atoms with Crippen LogP contribution in [0.4, 0.5) is 10.5 Å². The Balaban J connectivity index is 1.96. The van der Waals surface area contributed by atoms with Gasteiger partial charge in [0.1, 0.15) is 0 Å². The molecular formula is C11H16N4O3. The number of aliphatic carboxylic acids is 1. The van der Waals surface area contributed by atoms with Gasteiger partial charge in [-0.25, -0.2) is 4.79 Å². The molecule has 1 aromatic heterocycles. The first-order valence-electron chi connectivity index (χ1n) is 5.82. The number of amides is 2. The summed E-state index contributed by atoms with van der Waals surface area (Å²) in [6.45, 7) is 1.67. The Bertz CT molecular complexity index is 445. The van der Waals surface area contributed by atoms with Gasteiger partial charge in [-0.2, -0.15) is 5.10 Å². The normalized spacial score (nSPS) is 26.8. The number of urea groups is 1. The van der Waals surface area contributed by atoms with E-state index in [1.165, 1.54) is 6.20 Å². The summed E-state index contributed by atoms with van der Waals surface area (Å²) in [5, 5.41) is 20.8. The van der Waals surface area contributed by atoms with Gasteiger partial charge in [-0.3, -0.25) is 9.89 Å². The van der Waals surface area contributed by atoms with Crippen LogP contribution in [0, 0.1) is 5.41 Å². The highest BCUT2D eigenvalue weighted by Gasteiger charge is 2.45. The number of anilines is 1. The number of carbonyl (C=O) groups excluding carboxylic acids is 1. The number of aromatic nitrogens is 2. The van der Waals surface area contributed by atoms with Crippen LogP contribution in [0.2, 0.25) is 0 Å². The Morgan fingerprint density at radius 1 is 1.61 bits per heavy atom. The first-order valence-corrected chi connectivity index (χ1v) is 5.82. The number of aromatic amines is 1. The molecular weight excluding hydrogens is 236 g/mol. The summed E-state index contributed by atoms with van der Waals surface area (Å²) in [4.78, 5) is 23.0. The highest BCUT2D eigenvalue weighted by Crippen LogP contribution is 2.38. The maximum Gasteiger partial charge on any atom is 0.319 e. The van der Waals surface area contributed by atoms with Crippen molar-refractivity contribution in [2.75, 3.05) is 5.32 Å². The molecule has 18 heavy (non-hydrogen) atoms. The van der Waals surface area contributed by atoms with Crippen LogP contribution in [-0.2, 0) is 4.79 Å². The fraction of sp³-hybridized carbons (Fsp3) is 0.545. The predicted molar refractivity (Wildman–Crippen MR) is 64.1 cm³/mol. The van der Waals surface area contributed by atoms with Gasteiger partial charge in [-0.15, -0.1) is 0 Å². The SMILES string of the molecule is CC1(C(=O)O)CCCC1NC(=O)Nc1cn[nH]c1. The van der Waals surface area contributed by atoms with E-state index in [2.05, 4.69) is 20.8 Å². The van der Waals surface area contributed by atoms with Crippen molar-refractivity contribution in [2.24, 2.45) is 5.41 Å². The zero-order chi connectivity index (χ0) is 13.2. The zero-order valence-electron chi connectivity index (χ0n) is 10.1. The molecule has 0 saturated heterocycles. The number of nitrogens with zero attached hydrogens (tertiary/aromatic N) is 1. The summed E-state index contributed by atoms with van der Waals surface area (Å²) >= 11 is 0. The summed E-state index contributed by atoms with van der Waals surface area (Å²) in [5.41, 5.74) is -0.337. The van der Waals surface area contributed by atoms with Crippen LogP contribution in [0.1, 0.15) is 26.2 Å². The van der Waals surface area contributed by atoms with Crippen LogP contribution < -0.4 is 10.6 Å². The van der Waals surface area contributed by atoms with E-state index in [9.17, 15) is 14.7 Å². The van der Waals surface area contributed by atoms with E-state index in [0.717, 1.165) is 6.42 Å². The van der Waals surface area contributed by atoms with E-state index in [1.807, 2.05) is 0 Å². The minimum atomic E-state index is -0.881.